The third-order valence-corrected chi connectivity index (χ3v) is 3.33. The first-order chi connectivity index (χ1) is 10.2. The molecule has 0 saturated heterocycles. The van der Waals surface area contributed by atoms with Crippen LogP contribution in [-0.2, 0) is 6.18 Å². The Kier molecular flexibility index (Phi) is 4.26. The molecule has 0 saturated carbocycles. The van der Waals surface area contributed by atoms with Gasteiger partial charge in [-0.1, -0.05) is 23.3 Å². The van der Waals surface area contributed by atoms with Crippen LogP contribution in [0.4, 0.5) is 18.9 Å². The van der Waals surface area contributed by atoms with Crippen molar-refractivity contribution in [3.8, 4) is 0 Å². The van der Waals surface area contributed by atoms with Gasteiger partial charge in [0.1, 0.15) is 0 Å². The SMILES string of the molecule is Cc1cc(C)cc(C(=O)N(C)c2cccc(C(F)(F)F)c2)c1. The molecule has 0 atom stereocenters. The van der Waals surface area contributed by atoms with Gasteiger partial charge >= 0.3 is 6.18 Å². The Morgan fingerprint density at radius 3 is 2.14 bits per heavy atom. The number of carbonyl (C=O) groups is 1. The zero-order chi connectivity index (χ0) is 16.5. The number of carbonyl (C=O) groups excluding carboxylic acids is 1. The van der Waals surface area contributed by atoms with Crippen LogP contribution in [0.2, 0.25) is 0 Å². The van der Waals surface area contributed by atoms with E-state index in [1.54, 1.807) is 12.1 Å². The molecule has 1 amide bonds. The van der Waals surface area contributed by atoms with Gasteiger partial charge in [-0.2, -0.15) is 13.2 Å². The monoisotopic (exact) mass is 307 g/mol. The summed E-state index contributed by atoms with van der Waals surface area (Å²) in [7, 11) is 1.47. The van der Waals surface area contributed by atoms with Crippen molar-refractivity contribution in [2.45, 2.75) is 20.0 Å². The molecule has 2 nitrogen and oxygen atoms in total. The minimum atomic E-state index is -4.43. The first kappa shape index (κ1) is 16.1. The second kappa shape index (κ2) is 5.83. The van der Waals surface area contributed by atoms with E-state index in [1.165, 1.54) is 24.1 Å². The van der Waals surface area contributed by atoms with E-state index in [0.29, 0.717) is 5.56 Å². The van der Waals surface area contributed by atoms with Gasteiger partial charge in [-0.3, -0.25) is 4.79 Å². The molecule has 0 heterocycles. The number of hydrogen-bond acceptors (Lipinski definition) is 1. The topological polar surface area (TPSA) is 20.3 Å². The number of rotatable bonds is 2. The van der Waals surface area contributed by atoms with Crippen molar-refractivity contribution in [1.82, 2.24) is 0 Å². The van der Waals surface area contributed by atoms with E-state index in [1.807, 2.05) is 19.9 Å². The summed E-state index contributed by atoms with van der Waals surface area (Å²) in [5, 5.41) is 0. The molecule has 0 radical (unpaired) electrons. The fourth-order valence-corrected chi connectivity index (χ4v) is 2.30. The number of benzene rings is 2. The molecule has 0 aromatic heterocycles. The Hall–Kier alpha value is -2.30. The average molecular weight is 307 g/mol. The van der Waals surface area contributed by atoms with Crippen molar-refractivity contribution < 1.29 is 18.0 Å². The Morgan fingerprint density at radius 1 is 1.00 bits per heavy atom. The van der Waals surface area contributed by atoms with Crippen molar-refractivity contribution in [3.63, 3.8) is 0 Å². The fraction of sp³-hybridized carbons (Fsp3) is 0.235. The molecule has 116 valence electrons. The van der Waals surface area contributed by atoms with Crippen LogP contribution in [0.1, 0.15) is 27.0 Å². The van der Waals surface area contributed by atoms with Crippen molar-refractivity contribution in [2.75, 3.05) is 11.9 Å². The second-order valence-corrected chi connectivity index (χ2v) is 5.29. The molecule has 0 spiro atoms. The highest BCUT2D eigenvalue weighted by Gasteiger charge is 2.31. The fourth-order valence-electron chi connectivity index (χ4n) is 2.30. The Morgan fingerprint density at radius 2 is 1.59 bits per heavy atom. The van der Waals surface area contributed by atoms with Crippen molar-refractivity contribution in [3.05, 3.63) is 64.7 Å². The van der Waals surface area contributed by atoms with Crippen LogP contribution < -0.4 is 4.90 Å². The van der Waals surface area contributed by atoms with Crippen LogP contribution in [0, 0.1) is 13.8 Å². The number of nitrogens with zero attached hydrogens (tertiary/aromatic N) is 1. The molecule has 0 fully saturated rings. The highest BCUT2D eigenvalue weighted by Crippen LogP contribution is 2.31. The van der Waals surface area contributed by atoms with Gasteiger partial charge < -0.3 is 4.90 Å². The number of halogens is 3. The molecule has 5 heteroatoms. The number of hydrogen-bond donors (Lipinski definition) is 0. The molecular formula is C17H16F3NO. The lowest BCUT2D eigenvalue weighted by molar-refractivity contribution is -0.137. The zero-order valence-electron chi connectivity index (χ0n) is 12.5. The van der Waals surface area contributed by atoms with E-state index >= 15 is 0 Å². The lowest BCUT2D eigenvalue weighted by Crippen LogP contribution is -2.26. The Labute approximate surface area is 127 Å². The number of anilines is 1. The van der Waals surface area contributed by atoms with Gasteiger partial charge in [-0.25, -0.2) is 0 Å². The van der Waals surface area contributed by atoms with Crippen LogP contribution in [0.15, 0.2) is 42.5 Å². The van der Waals surface area contributed by atoms with Crippen LogP contribution in [0.3, 0.4) is 0 Å². The maximum atomic E-state index is 12.8. The standard InChI is InChI=1S/C17H16F3NO/c1-11-7-12(2)9-13(8-11)16(22)21(3)15-6-4-5-14(10-15)17(18,19)20/h4-10H,1-3H3. The summed E-state index contributed by atoms with van der Waals surface area (Å²) < 4.78 is 38.3. The van der Waals surface area contributed by atoms with Crippen LogP contribution in [-0.4, -0.2) is 13.0 Å². The van der Waals surface area contributed by atoms with Gasteiger partial charge in [0.15, 0.2) is 0 Å². The van der Waals surface area contributed by atoms with Crippen molar-refractivity contribution in [2.24, 2.45) is 0 Å². The Bertz CT molecular complexity index is 687. The average Bonchev–Trinajstić information content (AvgIpc) is 2.44. The van der Waals surface area contributed by atoms with Crippen LogP contribution in [0.25, 0.3) is 0 Å². The van der Waals surface area contributed by atoms with Crippen LogP contribution in [0.5, 0.6) is 0 Å². The molecule has 2 rings (SSSR count). The van der Waals surface area contributed by atoms with E-state index in [9.17, 15) is 18.0 Å². The van der Waals surface area contributed by atoms with E-state index in [2.05, 4.69) is 0 Å². The van der Waals surface area contributed by atoms with Gasteiger partial charge in [0, 0.05) is 18.3 Å². The quantitative estimate of drug-likeness (QED) is 0.794. The van der Waals surface area contributed by atoms with Crippen LogP contribution >= 0.6 is 0 Å². The zero-order valence-corrected chi connectivity index (χ0v) is 12.5. The molecule has 0 bridgehead atoms. The summed E-state index contributed by atoms with van der Waals surface area (Å²) in [5.41, 5.74) is 1.75. The predicted octanol–water partition coefficient (Wildman–Crippen LogP) is 4.60. The lowest BCUT2D eigenvalue weighted by Gasteiger charge is -2.19. The molecule has 0 aliphatic carbocycles. The van der Waals surface area contributed by atoms with E-state index in [0.717, 1.165) is 23.3 Å². The second-order valence-electron chi connectivity index (χ2n) is 5.29. The Balaban J connectivity index is 2.35. The van der Waals surface area contributed by atoms with Gasteiger partial charge in [0.2, 0.25) is 0 Å². The molecule has 0 aliphatic rings. The molecule has 0 unspecified atom stereocenters. The van der Waals surface area contributed by atoms with Gasteiger partial charge in [-0.15, -0.1) is 0 Å². The van der Waals surface area contributed by atoms with Crippen molar-refractivity contribution in [1.29, 1.82) is 0 Å². The normalized spacial score (nSPS) is 11.4. The predicted molar refractivity (Wildman–Crippen MR) is 80.1 cm³/mol. The summed E-state index contributed by atoms with van der Waals surface area (Å²) in [6.45, 7) is 3.74. The highest BCUT2D eigenvalue weighted by atomic mass is 19.4. The minimum Gasteiger partial charge on any atom is -0.311 e. The molecule has 0 N–H and O–H groups in total. The molecule has 2 aromatic carbocycles. The molecule has 22 heavy (non-hydrogen) atoms. The smallest absolute Gasteiger partial charge is 0.311 e. The summed E-state index contributed by atoms with van der Waals surface area (Å²) >= 11 is 0. The first-order valence-corrected chi connectivity index (χ1v) is 6.72. The molecule has 0 aliphatic heterocycles. The number of amides is 1. The van der Waals surface area contributed by atoms with Gasteiger partial charge in [-0.05, 0) is 44.2 Å². The van der Waals surface area contributed by atoms with Crippen molar-refractivity contribution >= 4 is 11.6 Å². The summed E-state index contributed by atoms with van der Waals surface area (Å²) in [5.74, 6) is -0.342. The van der Waals surface area contributed by atoms with Gasteiger partial charge in [0.25, 0.3) is 5.91 Å². The largest absolute Gasteiger partial charge is 0.416 e. The minimum absolute atomic E-state index is 0.207. The van der Waals surface area contributed by atoms with E-state index in [-0.39, 0.29) is 11.6 Å². The maximum absolute atomic E-state index is 12.8. The summed E-state index contributed by atoms with van der Waals surface area (Å²) in [4.78, 5) is 13.7. The lowest BCUT2D eigenvalue weighted by atomic mass is 10.1. The molecule has 2 aromatic rings. The molecular weight excluding hydrogens is 291 g/mol. The summed E-state index contributed by atoms with van der Waals surface area (Å²) in [6, 6.07) is 10.1. The maximum Gasteiger partial charge on any atom is 0.416 e. The first-order valence-electron chi connectivity index (χ1n) is 6.72. The third kappa shape index (κ3) is 3.47. The third-order valence-electron chi connectivity index (χ3n) is 3.33. The van der Waals surface area contributed by atoms with E-state index in [4.69, 9.17) is 0 Å². The van der Waals surface area contributed by atoms with E-state index < -0.39 is 11.7 Å². The van der Waals surface area contributed by atoms with Gasteiger partial charge in [0.05, 0.1) is 5.56 Å². The number of aryl methyl sites for hydroxylation is 2. The highest BCUT2D eigenvalue weighted by molar-refractivity contribution is 6.06. The summed E-state index contributed by atoms with van der Waals surface area (Å²) in [6.07, 6.45) is -4.43. The number of alkyl halides is 3.